The molecule has 1 aromatic carbocycles. The van der Waals surface area contributed by atoms with Crippen LogP contribution < -0.4 is 5.06 Å². The zero-order valence-corrected chi connectivity index (χ0v) is 6.36. The molecule has 0 atom stereocenters. The highest BCUT2D eigenvalue weighted by Crippen LogP contribution is 2.17. The Labute approximate surface area is 66.3 Å². The normalized spacial score (nSPS) is 17.3. The average molecular weight is 149 g/mol. The third kappa shape index (κ3) is 1.35. The molecule has 0 aliphatic carbocycles. The molecule has 11 heavy (non-hydrogen) atoms. The molecule has 2 rings (SSSR count). The molecule has 0 bridgehead atoms. The molecular formula is C9H11NO. The largest absolute Gasteiger partial charge is 0.273 e. The minimum absolute atomic E-state index is 0.856. The standard InChI is InChI=1S/C9H11NO/c1-2-5-9(6-3-1)10-7-4-8-11-10/h1-3,5-6H,4,7-8H2. The summed E-state index contributed by atoms with van der Waals surface area (Å²) >= 11 is 0. The van der Waals surface area contributed by atoms with Crippen molar-refractivity contribution in [2.45, 2.75) is 6.42 Å². The fourth-order valence-corrected chi connectivity index (χ4v) is 1.25. The summed E-state index contributed by atoms with van der Waals surface area (Å²) in [6.07, 6.45) is 1.13. The zero-order valence-electron chi connectivity index (χ0n) is 6.36. The van der Waals surface area contributed by atoms with Crippen LogP contribution in [0.5, 0.6) is 0 Å². The van der Waals surface area contributed by atoms with Crippen LogP contribution >= 0.6 is 0 Å². The van der Waals surface area contributed by atoms with Crippen molar-refractivity contribution in [1.82, 2.24) is 0 Å². The number of nitrogens with zero attached hydrogens (tertiary/aromatic N) is 1. The molecular weight excluding hydrogens is 138 g/mol. The maximum Gasteiger partial charge on any atom is 0.0766 e. The van der Waals surface area contributed by atoms with Crippen molar-refractivity contribution >= 4 is 5.69 Å². The molecule has 0 unspecified atom stereocenters. The molecule has 58 valence electrons. The Balaban J connectivity index is 2.16. The summed E-state index contributed by atoms with van der Waals surface area (Å²) in [5.74, 6) is 0. The Bertz CT molecular complexity index is 216. The molecule has 1 heterocycles. The van der Waals surface area contributed by atoms with Crippen molar-refractivity contribution in [2.75, 3.05) is 18.2 Å². The Morgan fingerprint density at radius 1 is 1.18 bits per heavy atom. The van der Waals surface area contributed by atoms with E-state index >= 15 is 0 Å². The molecule has 2 nitrogen and oxygen atoms in total. The quantitative estimate of drug-likeness (QED) is 0.604. The van der Waals surface area contributed by atoms with Gasteiger partial charge in [0.05, 0.1) is 12.3 Å². The van der Waals surface area contributed by atoms with Gasteiger partial charge in [-0.25, -0.2) is 0 Å². The van der Waals surface area contributed by atoms with Gasteiger partial charge in [-0.1, -0.05) is 18.2 Å². The van der Waals surface area contributed by atoms with E-state index in [9.17, 15) is 0 Å². The van der Waals surface area contributed by atoms with Crippen molar-refractivity contribution in [2.24, 2.45) is 0 Å². The van der Waals surface area contributed by atoms with Crippen molar-refractivity contribution in [1.29, 1.82) is 0 Å². The van der Waals surface area contributed by atoms with Gasteiger partial charge in [-0.3, -0.25) is 9.90 Å². The first-order valence-electron chi connectivity index (χ1n) is 3.92. The Morgan fingerprint density at radius 2 is 2.00 bits per heavy atom. The van der Waals surface area contributed by atoms with Gasteiger partial charge in [0, 0.05) is 6.54 Å². The molecule has 1 aliphatic heterocycles. The van der Waals surface area contributed by atoms with E-state index in [1.54, 1.807) is 0 Å². The lowest BCUT2D eigenvalue weighted by Gasteiger charge is -2.14. The van der Waals surface area contributed by atoms with E-state index in [2.05, 4.69) is 12.1 Å². The molecule has 1 saturated heterocycles. The monoisotopic (exact) mass is 149 g/mol. The van der Waals surface area contributed by atoms with Crippen LogP contribution in [0.4, 0.5) is 5.69 Å². The van der Waals surface area contributed by atoms with Gasteiger partial charge in [0.15, 0.2) is 0 Å². The number of para-hydroxylation sites is 1. The van der Waals surface area contributed by atoms with Crippen LogP contribution in [-0.4, -0.2) is 13.2 Å². The van der Waals surface area contributed by atoms with Crippen LogP contribution in [0.25, 0.3) is 0 Å². The minimum atomic E-state index is 0.856. The maximum atomic E-state index is 5.37. The fourth-order valence-electron chi connectivity index (χ4n) is 1.25. The lowest BCUT2D eigenvalue weighted by molar-refractivity contribution is 0.168. The first kappa shape index (κ1) is 6.68. The summed E-state index contributed by atoms with van der Waals surface area (Å²) in [5.41, 5.74) is 1.16. The van der Waals surface area contributed by atoms with E-state index < -0.39 is 0 Å². The minimum Gasteiger partial charge on any atom is -0.273 e. The molecule has 1 aromatic rings. The van der Waals surface area contributed by atoms with Crippen LogP contribution in [-0.2, 0) is 4.84 Å². The van der Waals surface area contributed by atoms with E-state index in [1.807, 2.05) is 23.3 Å². The van der Waals surface area contributed by atoms with Crippen LogP contribution in [0, 0.1) is 0 Å². The van der Waals surface area contributed by atoms with Crippen molar-refractivity contribution in [3.8, 4) is 0 Å². The van der Waals surface area contributed by atoms with Crippen molar-refractivity contribution in [3.05, 3.63) is 30.3 Å². The van der Waals surface area contributed by atoms with Gasteiger partial charge in [0.1, 0.15) is 0 Å². The summed E-state index contributed by atoms with van der Waals surface area (Å²) in [4.78, 5) is 5.37. The second kappa shape index (κ2) is 2.93. The van der Waals surface area contributed by atoms with Crippen LogP contribution in [0.3, 0.4) is 0 Å². The predicted octanol–water partition coefficient (Wildman–Crippen LogP) is 1.83. The molecule has 0 N–H and O–H groups in total. The second-order valence-corrected chi connectivity index (χ2v) is 2.62. The smallest absolute Gasteiger partial charge is 0.0766 e. The number of hydrogen-bond acceptors (Lipinski definition) is 2. The van der Waals surface area contributed by atoms with Crippen molar-refractivity contribution < 1.29 is 4.84 Å². The van der Waals surface area contributed by atoms with Gasteiger partial charge >= 0.3 is 0 Å². The highest BCUT2D eigenvalue weighted by atomic mass is 16.7. The van der Waals surface area contributed by atoms with E-state index in [1.165, 1.54) is 0 Å². The Hall–Kier alpha value is -1.02. The number of rotatable bonds is 1. The summed E-state index contributed by atoms with van der Waals surface area (Å²) in [5, 5.41) is 1.94. The molecule has 1 aliphatic rings. The van der Waals surface area contributed by atoms with E-state index in [-0.39, 0.29) is 0 Å². The summed E-state index contributed by atoms with van der Waals surface area (Å²) < 4.78 is 0. The van der Waals surface area contributed by atoms with E-state index in [0.717, 1.165) is 25.3 Å². The SMILES string of the molecule is c1ccc(N2CCCO2)cc1. The van der Waals surface area contributed by atoms with E-state index in [4.69, 9.17) is 4.84 Å². The first-order chi connectivity index (χ1) is 5.47. The molecule has 0 aromatic heterocycles. The molecule has 0 saturated carbocycles. The number of hydroxylamine groups is 1. The average Bonchev–Trinajstić information content (AvgIpc) is 2.58. The predicted molar refractivity (Wildman–Crippen MR) is 44.4 cm³/mol. The highest BCUT2D eigenvalue weighted by Gasteiger charge is 2.11. The molecule has 1 fully saturated rings. The zero-order chi connectivity index (χ0) is 7.52. The van der Waals surface area contributed by atoms with Gasteiger partial charge in [-0.05, 0) is 18.6 Å². The summed E-state index contributed by atoms with van der Waals surface area (Å²) in [7, 11) is 0. The third-order valence-electron chi connectivity index (χ3n) is 1.80. The Morgan fingerprint density at radius 3 is 2.64 bits per heavy atom. The topological polar surface area (TPSA) is 12.5 Å². The van der Waals surface area contributed by atoms with Crippen LogP contribution in [0.15, 0.2) is 30.3 Å². The first-order valence-corrected chi connectivity index (χ1v) is 3.92. The number of benzene rings is 1. The van der Waals surface area contributed by atoms with Gasteiger partial charge in [0.2, 0.25) is 0 Å². The Kier molecular flexibility index (Phi) is 1.78. The summed E-state index contributed by atoms with van der Waals surface area (Å²) in [6.45, 7) is 1.87. The van der Waals surface area contributed by atoms with E-state index in [0.29, 0.717) is 0 Å². The van der Waals surface area contributed by atoms with Crippen molar-refractivity contribution in [3.63, 3.8) is 0 Å². The molecule has 0 amide bonds. The van der Waals surface area contributed by atoms with Crippen LogP contribution in [0.1, 0.15) is 6.42 Å². The molecule has 0 spiro atoms. The lowest BCUT2D eigenvalue weighted by Crippen LogP contribution is -2.15. The molecule has 0 radical (unpaired) electrons. The maximum absolute atomic E-state index is 5.37. The molecule has 2 heteroatoms. The number of anilines is 1. The van der Waals surface area contributed by atoms with Crippen LogP contribution in [0.2, 0.25) is 0 Å². The van der Waals surface area contributed by atoms with Gasteiger partial charge in [-0.2, -0.15) is 0 Å². The lowest BCUT2D eigenvalue weighted by atomic mass is 10.3. The highest BCUT2D eigenvalue weighted by molar-refractivity contribution is 5.43. The second-order valence-electron chi connectivity index (χ2n) is 2.62. The van der Waals surface area contributed by atoms with Gasteiger partial charge in [-0.15, -0.1) is 0 Å². The summed E-state index contributed by atoms with van der Waals surface area (Å²) in [6, 6.07) is 10.2. The fraction of sp³-hybridized carbons (Fsp3) is 0.333. The third-order valence-corrected chi connectivity index (χ3v) is 1.80. The number of hydrogen-bond donors (Lipinski definition) is 0. The van der Waals surface area contributed by atoms with Gasteiger partial charge in [0.25, 0.3) is 0 Å². The van der Waals surface area contributed by atoms with Gasteiger partial charge < -0.3 is 0 Å².